The van der Waals surface area contributed by atoms with E-state index >= 15 is 13.2 Å². The predicted molar refractivity (Wildman–Crippen MR) is 134 cm³/mol. The molecule has 1 saturated heterocycles. The molecule has 2 fully saturated rings. The number of nitrogens with zero attached hydrogens (tertiary/aromatic N) is 2. The monoisotopic (exact) mass is 496 g/mol. The zero-order valence-electron chi connectivity index (χ0n) is 20.9. The molecule has 8 heteroatoms. The van der Waals surface area contributed by atoms with Gasteiger partial charge in [0.05, 0.1) is 21.5 Å². The fourth-order valence-corrected chi connectivity index (χ4v) is 6.10. The van der Waals surface area contributed by atoms with Crippen LogP contribution < -0.4 is 10.3 Å². The van der Waals surface area contributed by atoms with Crippen molar-refractivity contribution in [2.75, 3.05) is 23.7 Å². The van der Waals surface area contributed by atoms with Crippen molar-refractivity contribution in [1.29, 1.82) is 0 Å². The first-order chi connectivity index (χ1) is 16.2. The van der Waals surface area contributed by atoms with E-state index in [2.05, 4.69) is 6.92 Å². The number of benzene rings is 1. The number of carbonyl (C=O) groups is 1. The minimum Gasteiger partial charge on any atom is -0.366 e. The molecule has 1 aliphatic carbocycles. The van der Waals surface area contributed by atoms with Crippen molar-refractivity contribution in [3.63, 3.8) is 0 Å². The number of hydrogen-bond donors (Lipinski definition) is 0. The number of ketones is 1. The smallest absolute Gasteiger partial charge is 0.204 e. The van der Waals surface area contributed by atoms with E-state index in [1.54, 1.807) is 9.47 Å². The number of fused-ring (bicyclic) bond motifs is 1. The molecule has 0 amide bonds. The van der Waals surface area contributed by atoms with Gasteiger partial charge in [0.2, 0.25) is 5.43 Å². The van der Waals surface area contributed by atoms with Crippen molar-refractivity contribution < 1.29 is 18.0 Å². The lowest BCUT2D eigenvalue weighted by Crippen LogP contribution is -2.40. The second-order valence-corrected chi connectivity index (χ2v) is 10.2. The Morgan fingerprint density at radius 1 is 1.06 bits per heavy atom. The summed E-state index contributed by atoms with van der Waals surface area (Å²) in [5.41, 5.74) is -1.72. The van der Waals surface area contributed by atoms with Crippen LogP contribution in [0.2, 0.25) is 0 Å². The van der Waals surface area contributed by atoms with E-state index in [1.807, 2.05) is 27.7 Å². The summed E-state index contributed by atoms with van der Waals surface area (Å²) < 4.78 is 48.4. The number of carbonyl (C=O) groups excluding carboxylic acids is 1. The Morgan fingerprint density at radius 2 is 1.71 bits per heavy atom. The van der Waals surface area contributed by atoms with Gasteiger partial charge in [-0.3, -0.25) is 9.59 Å². The summed E-state index contributed by atoms with van der Waals surface area (Å²) in [4.78, 5) is 27.1. The van der Waals surface area contributed by atoms with Crippen LogP contribution in [-0.4, -0.2) is 29.2 Å². The van der Waals surface area contributed by atoms with Crippen molar-refractivity contribution in [3.8, 4) is 0 Å². The van der Waals surface area contributed by atoms with E-state index in [1.165, 1.54) is 18.7 Å². The van der Waals surface area contributed by atoms with Gasteiger partial charge in [0.15, 0.2) is 23.2 Å². The maximum Gasteiger partial charge on any atom is 0.204 e. The third kappa shape index (κ3) is 4.50. The number of thioether (sulfide) groups is 1. The molecule has 2 atom stereocenters. The number of aromatic nitrogens is 1. The van der Waals surface area contributed by atoms with Gasteiger partial charge in [0, 0.05) is 19.1 Å². The van der Waals surface area contributed by atoms with Gasteiger partial charge in [0.25, 0.3) is 0 Å². The Hall–Kier alpha value is -1.96. The highest BCUT2D eigenvalue weighted by Gasteiger charge is 2.37. The number of pyridine rings is 1. The largest absolute Gasteiger partial charge is 0.366 e. The van der Waals surface area contributed by atoms with Crippen LogP contribution in [0.1, 0.15) is 83.6 Å². The molecule has 0 spiro atoms. The summed E-state index contributed by atoms with van der Waals surface area (Å²) in [5.74, 6) is -2.92. The van der Waals surface area contributed by atoms with Gasteiger partial charge in [-0.15, -0.1) is 11.8 Å². The van der Waals surface area contributed by atoms with Crippen molar-refractivity contribution in [1.82, 2.24) is 4.57 Å². The summed E-state index contributed by atoms with van der Waals surface area (Å²) in [6.07, 6.45) is 3.23. The Bertz CT molecular complexity index is 1140. The average molecular weight is 497 g/mol. The van der Waals surface area contributed by atoms with Gasteiger partial charge in [-0.05, 0) is 43.8 Å². The van der Waals surface area contributed by atoms with E-state index in [9.17, 15) is 9.59 Å². The molecule has 2 heterocycles. The normalized spacial score (nSPS) is 20.3. The molecule has 34 heavy (non-hydrogen) atoms. The van der Waals surface area contributed by atoms with Gasteiger partial charge in [-0.1, -0.05) is 41.0 Å². The van der Waals surface area contributed by atoms with Gasteiger partial charge < -0.3 is 9.47 Å². The van der Waals surface area contributed by atoms with Crippen molar-refractivity contribution in [2.24, 2.45) is 11.8 Å². The Morgan fingerprint density at radius 3 is 2.21 bits per heavy atom. The molecular formula is C26H35F3N2O2S. The molecule has 4 nitrogen and oxygen atoms in total. The van der Waals surface area contributed by atoms with Crippen LogP contribution in [0.15, 0.2) is 9.82 Å². The van der Waals surface area contributed by atoms with E-state index in [0.717, 1.165) is 25.7 Å². The van der Waals surface area contributed by atoms with Crippen LogP contribution in [0, 0.1) is 29.3 Å². The summed E-state index contributed by atoms with van der Waals surface area (Å²) in [6.45, 7) is 12.1. The molecule has 0 radical (unpaired) electrons. The van der Waals surface area contributed by atoms with Crippen LogP contribution in [-0.2, 0) is 0 Å². The first-order valence-electron chi connectivity index (χ1n) is 12.4. The summed E-state index contributed by atoms with van der Waals surface area (Å²) in [7, 11) is 0. The third-order valence-corrected chi connectivity index (χ3v) is 7.83. The molecule has 1 aromatic heterocycles. The molecule has 4 rings (SSSR count). The fraction of sp³-hybridized carbons (Fsp3) is 0.615. The minimum atomic E-state index is -1.36. The highest BCUT2D eigenvalue weighted by Crippen LogP contribution is 2.44. The lowest BCUT2D eigenvalue weighted by molar-refractivity contribution is 0.101. The molecule has 1 saturated carbocycles. The van der Waals surface area contributed by atoms with Crippen LogP contribution in [0.3, 0.4) is 0 Å². The summed E-state index contributed by atoms with van der Waals surface area (Å²) >= 11 is 1.26. The maximum atomic E-state index is 16.1. The van der Waals surface area contributed by atoms with Crippen molar-refractivity contribution in [2.45, 2.75) is 78.3 Å². The van der Waals surface area contributed by atoms with Crippen LogP contribution in [0.5, 0.6) is 0 Å². The number of rotatable bonds is 6. The first kappa shape index (κ1) is 26.6. The first-order valence-corrected chi connectivity index (χ1v) is 13.4. The lowest BCUT2D eigenvalue weighted by atomic mass is 9.85. The zero-order valence-corrected chi connectivity index (χ0v) is 21.8. The number of Topliss-reactive ketones (excluding diaryl/α,β-unsaturated/α-hetero) is 1. The predicted octanol–water partition coefficient (Wildman–Crippen LogP) is 6.97. The molecule has 2 aromatic rings. The maximum absolute atomic E-state index is 16.1. The number of piperidine rings is 1. The second-order valence-electron chi connectivity index (χ2n) is 8.99. The minimum absolute atomic E-state index is 0.137. The molecule has 0 bridgehead atoms. The molecule has 188 valence electrons. The topological polar surface area (TPSA) is 42.3 Å². The van der Waals surface area contributed by atoms with Gasteiger partial charge >= 0.3 is 0 Å². The quantitative estimate of drug-likeness (QED) is 0.246. The Balaban J connectivity index is 0.00000158. The Labute approximate surface area is 203 Å². The number of halogens is 3. The standard InChI is InChI=1S/C24H29F3N2O2S.C2H6/c1-5-14-9-10-28(11-12(14)3)22-19(26)18(25)17-21(20(22)27)29(15-7-8-15)24(32-6-2)16(13(4)30)23(17)31;1-2/h12,14-15H,5-11H2,1-4H3;1-2H3/t12-,14-;/m1./s1. The highest BCUT2D eigenvalue weighted by molar-refractivity contribution is 7.99. The van der Waals surface area contributed by atoms with Crippen LogP contribution in [0.4, 0.5) is 18.9 Å². The lowest BCUT2D eigenvalue weighted by Gasteiger charge is -2.38. The highest BCUT2D eigenvalue weighted by atomic mass is 32.2. The molecule has 0 unspecified atom stereocenters. The van der Waals surface area contributed by atoms with Gasteiger partial charge in [-0.2, -0.15) is 0 Å². The SMILES string of the molecule is CC.CCSc1c(C(C)=O)c(=O)c2c(F)c(F)c(N3CC[C@@H](CC)[C@H](C)C3)c(F)c2n1C1CC1. The Kier molecular flexibility index (Phi) is 8.43. The molecule has 0 N–H and O–H groups in total. The van der Waals surface area contributed by atoms with Crippen molar-refractivity contribution in [3.05, 3.63) is 33.2 Å². The average Bonchev–Trinajstić information content (AvgIpc) is 3.64. The zero-order chi connectivity index (χ0) is 25.3. The summed E-state index contributed by atoms with van der Waals surface area (Å²) in [5, 5.41) is -0.299. The second kappa shape index (κ2) is 10.8. The molecular weight excluding hydrogens is 461 g/mol. The molecule has 1 aliphatic heterocycles. The summed E-state index contributed by atoms with van der Waals surface area (Å²) in [6, 6.07) is -0.137. The van der Waals surface area contributed by atoms with Crippen LogP contribution >= 0.6 is 11.8 Å². The van der Waals surface area contributed by atoms with Gasteiger partial charge in [0.1, 0.15) is 5.69 Å². The van der Waals surface area contributed by atoms with Crippen LogP contribution in [0.25, 0.3) is 10.9 Å². The van der Waals surface area contributed by atoms with Crippen molar-refractivity contribution >= 4 is 34.1 Å². The fourth-order valence-electron chi connectivity index (χ4n) is 5.06. The van der Waals surface area contributed by atoms with Gasteiger partial charge in [-0.25, -0.2) is 13.2 Å². The molecule has 1 aromatic carbocycles. The van der Waals surface area contributed by atoms with E-state index in [-0.39, 0.29) is 23.0 Å². The number of anilines is 1. The number of hydrogen-bond acceptors (Lipinski definition) is 4. The van der Waals surface area contributed by atoms with E-state index < -0.39 is 39.7 Å². The molecule has 2 aliphatic rings. The van der Waals surface area contributed by atoms with E-state index in [0.29, 0.717) is 29.8 Å². The van der Waals surface area contributed by atoms with E-state index in [4.69, 9.17) is 0 Å². The third-order valence-electron chi connectivity index (χ3n) is 6.87.